The molecule has 0 amide bonds. The average Bonchev–Trinajstić information content (AvgIpc) is 2.47. The monoisotopic (exact) mass is 178 g/mol. The minimum absolute atomic E-state index is 0.730. The highest BCUT2D eigenvalue weighted by Gasteiger charge is 2.28. The van der Waals surface area contributed by atoms with E-state index in [1.54, 1.807) is 0 Å². The van der Waals surface area contributed by atoms with Crippen molar-refractivity contribution in [1.29, 1.82) is 0 Å². The van der Waals surface area contributed by atoms with E-state index in [2.05, 4.69) is 38.7 Å². The minimum Gasteiger partial charge on any atom is -0.103 e. The first-order valence-corrected chi connectivity index (χ1v) is 5.58. The number of allylic oxidation sites excluding steroid dienone is 3. The van der Waals surface area contributed by atoms with E-state index in [1.807, 2.05) is 0 Å². The van der Waals surface area contributed by atoms with E-state index < -0.39 is 0 Å². The maximum absolute atomic E-state index is 3.94. The van der Waals surface area contributed by atoms with Crippen molar-refractivity contribution in [2.24, 2.45) is 17.8 Å². The van der Waals surface area contributed by atoms with Crippen LogP contribution in [0.25, 0.3) is 0 Å². The molecule has 0 heteroatoms. The van der Waals surface area contributed by atoms with Crippen LogP contribution in [0.2, 0.25) is 0 Å². The van der Waals surface area contributed by atoms with Crippen LogP contribution in [0.15, 0.2) is 24.8 Å². The van der Waals surface area contributed by atoms with Gasteiger partial charge in [0.1, 0.15) is 0 Å². The fraction of sp³-hybridized carbons (Fsp3) is 0.692. The summed E-state index contributed by atoms with van der Waals surface area (Å²) in [5.41, 5.74) is 0. The first-order valence-electron chi connectivity index (χ1n) is 5.58. The molecule has 0 radical (unpaired) electrons. The van der Waals surface area contributed by atoms with Gasteiger partial charge in [0.05, 0.1) is 0 Å². The van der Waals surface area contributed by atoms with Crippen molar-refractivity contribution in [3.8, 4) is 0 Å². The Morgan fingerprint density at radius 1 is 1.38 bits per heavy atom. The van der Waals surface area contributed by atoms with E-state index in [1.165, 1.54) is 25.7 Å². The molecule has 0 aromatic carbocycles. The van der Waals surface area contributed by atoms with Gasteiger partial charge in [-0.3, -0.25) is 0 Å². The zero-order chi connectivity index (χ0) is 9.68. The second-order valence-corrected chi connectivity index (χ2v) is 4.25. The Bertz CT molecular complexity index is 178. The lowest BCUT2D eigenvalue weighted by Crippen LogP contribution is -2.07. The largest absolute Gasteiger partial charge is 0.103 e. The van der Waals surface area contributed by atoms with Gasteiger partial charge in [-0.05, 0) is 37.0 Å². The SMILES string of the molecule is C=CC1C(/C=C/CCC)CC[C@@H]1C. The maximum Gasteiger partial charge on any atom is -0.0147 e. The molecule has 1 saturated carbocycles. The van der Waals surface area contributed by atoms with E-state index in [0.717, 1.165) is 17.8 Å². The fourth-order valence-electron chi connectivity index (χ4n) is 2.33. The lowest BCUT2D eigenvalue weighted by atomic mass is 9.90. The molecular formula is C13H22. The van der Waals surface area contributed by atoms with E-state index in [4.69, 9.17) is 0 Å². The van der Waals surface area contributed by atoms with Crippen molar-refractivity contribution in [3.63, 3.8) is 0 Å². The van der Waals surface area contributed by atoms with E-state index >= 15 is 0 Å². The summed E-state index contributed by atoms with van der Waals surface area (Å²) in [6, 6.07) is 0. The van der Waals surface area contributed by atoms with E-state index in [-0.39, 0.29) is 0 Å². The number of hydrogen-bond donors (Lipinski definition) is 0. The average molecular weight is 178 g/mol. The lowest BCUT2D eigenvalue weighted by Gasteiger charge is -2.15. The topological polar surface area (TPSA) is 0 Å². The number of rotatable bonds is 4. The summed E-state index contributed by atoms with van der Waals surface area (Å²) in [5, 5.41) is 0. The van der Waals surface area contributed by atoms with Gasteiger partial charge in [0.25, 0.3) is 0 Å². The Balaban J connectivity index is 2.45. The summed E-state index contributed by atoms with van der Waals surface area (Å²) in [7, 11) is 0. The van der Waals surface area contributed by atoms with Crippen LogP contribution >= 0.6 is 0 Å². The van der Waals surface area contributed by atoms with Crippen molar-refractivity contribution in [2.45, 2.75) is 39.5 Å². The molecule has 1 fully saturated rings. The summed E-state index contributed by atoms with van der Waals surface area (Å²) in [6.07, 6.45) is 12.1. The van der Waals surface area contributed by atoms with Crippen LogP contribution < -0.4 is 0 Å². The third-order valence-corrected chi connectivity index (χ3v) is 3.22. The molecule has 0 aromatic rings. The third kappa shape index (κ3) is 2.72. The smallest absolute Gasteiger partial charge is 0.0147 e. The summed E-state index contributed by atoms with van der Waals surface area (Å²) in [5.74, 6) is 2.35. The van der Waals surface area contributed by atoms with Gasteiger partial charge in [0.15, 0.2) is 0 Å². The van der Waals surface area contributed by atoms with Crippen LogP contribution in [0.4, 0.5) is 0 Å². The normalized spacial score (nSPS) is 34.2. The van der Waals surface area contributed by atoms with Gasteiger partial charge in [-0.25, -0.2) is 0 Å². The van der Waals surface area contributed by atoms with Crippen LogP contribution in [0, 0.1) is 17.8 Å². The molecule has 0 spiro atoms. The van der Waals surface area contributed by atoms with Crippen LogP contribution in [-0.4, -0.2) is 0 Å². The van der Waals surface area contributed by atoms with Crippen molar-refractivity contribution < 1.29 is 0 Å². The molecule has 0 bridgehead atoms. The summed E-state index contributed by atoms with van der Waals surface area (Å²) < 4.78 is 0. The summed E-state index contributed by atoms with van der Waals surface area (Å²) in [6.45, 7) is 8.51. The first kappa shape index (κ1) is 10.6. The quantitative estimate of drug-likeness (QED) is 0.566. The van der Waals surface area contributed by atoms with Crippen molar-refractivity contribution in [3.05, 3.63) is 24.8 Å². The molecule has 0 heterocycles. The number of hydrogen-bond acceptors (Lipinski definition) is 0. The van der Waals surface area contributed by atoms with Gasteiger partial charge in [0, 0.05) is 0 Å². The molecule has 0 N–H and O–H groups in total. The van der Waals surface area contributed by atoms with Gasteiger partial charge in [-0.2, -0.15) is 0 Å². The zero-order valence-corrected chi connectivity index (χ0v) is 9.00. The molecule has 3 atom stereocenters. The highest BCUT2D eigenvalue weighted by Crippen LogP contribution is 2.38. The zero-order valence-electron chi connectivity index (χ0n) is 9.00. The molecule has 0 saturated heterocycles. The fourth-order valence-corrected chi connectivity index (χ4v) is 2.33. The van der Waals surface area contributed by atoms with Gasteiger partial charge in [0.2, 0.25) is 0 Å². The van der Waals surface area contributed by atoms with Gasteiger partial charge in [-0.15, -0.1) is 6.58 Å². The van der Waals surface area contributed by atoms with Crippen LogP contribution in [0.5, 0.6) is 0 Å². The predicted octanol–water partition coefficient (Wildman–Crippen LogP) is 4.19. The van der Waals surface area contributed by atoms with Gasteiger partial charge < -0.3 is 0 Å². The van der Waals surface area contributed by atoms with E-state index in [0.29, 0.717) is 0 Å². The van der Waals surface area contributed by atoms with E-state index in [9.17, 15) is 0 Å². The second-order valence-electron chi connectivity index (χ2n) is 4.25. The summed E-state index contributed by atoms with van der Waals surface area (Å²) in [4.78, 5) is 0. The van der Waals surface area contributed by atoms with Crippen molar-refractivity contribution >= 4 is 0 Å². The maximum atomic E-state index is 3.94. The molecular weight excluding hydrogens is 156 g/mol. The Morgan fingerprint density at radius 3 is 2.77 bits per heavy atom. The number of unbranched alkanes of at least 4 members (excludes halogenated alkanes) is 1. The summed E-state index contributed by atoms with van der Waals surface area (Å²) >= 11 is 0. The molecule has 0 nitrogen and oxygen atoms in total. The van der Waals surface area contributed by atoms with Crippen LogP contribution in [-0.2, 0) is 0 Å². The lowest BCUT2D eigenvalue weighted by molar-refractivity contribution is 0.455. The van der Waals surface area contributed by atoms with Crippen LogP contribution in [0.3, 0.4) is 0 Å². The Morgan fingerprint density at radius 2 is 2.15 bits per heavy atom. The van der Waals surface area contributed by atoms with Crippen molar-refractivity contribution in [1.82, 2.24) is 0 Å². The standard InChI is InChI=1S/C13H22/c1-4-6-7-8-12-10-9-11(3)13(12)5-2/h5,7-8,11-13H,2,4,6,9-10H2,1,3H3/b8-7+/t11-,12?,13?/m0/s1. The second kappa shape index (κ2) is 5.26. The predicted molar refractivity (Wildman–Crippen MR) is 59.6 cm³/mol. The molecule has 1 rings (SSSR count). The third-order valence-electron chi connectivity index (χ3n) is 3.22. The minimum atomic E-state index is 0.730. The molecule has 1 aliphatic carbocycles. The molecule has 0 aliphatic heterocycles. The highest BCUT2D eigenvalue weighted by atomic mass is 14.3. The van der Waals surface area contributed by atoms with Gasteiger partial charge >= 0.3 is 0 Å². The Labute approximate surface area is 82.7 Å². The van der Waals surface area contributed by atoms with Gasteiger partial charge in [-0.1, -0.05) is 38.5 Å². The molecule has 74 valence electrons. The van der Waals surface area contributed by atoms with Crippen molar-refractivity contribution in [2.75, 3.05) is 0 Å². The molecule has 1 aliphatic rings. The molecule has 0 aromatic heterocycles. The molecule has 2 unspecified atom stereocenters. The first-order chi connectivity index (χ1) is 6.29. The molecule has 13 heavy (non-hydrogen) atoms. The Kier molecular flexibility index (Phi) is 4.27. The Hall–Kier alpha value is -0.520. The van der Waals surface area contributed by atoms with Crippen LogP contribution in [0.1, 0.15) is 39.5 Å². The highest BCUT2D eigenvalue weighted by molar-refractivity contribution is 5.02.